The number of nitrogens with zero attached hydrogens (tertiary/aromatic N) is 7. The number of benzene rings is 1. The summed E-state index contributed by atoms with van der Waals surface area (Å²) in [5.41, 5.74) is 0.961. The van der Waals surface area contributed by atoms with Crippen LogP contribution in [0.4, 0.5) is 47.1 Å². The van der Waals surface area contributed by atoms with Crippen molar-refractivity contribution in [1.82, 2.24) is 29.9 Å². The molecule has 11 N–H and O–H groups in total. The fourth-order valence-corrected chi connectivity index (χ4v) is 3.71. The van der Waals surface area contributed by atoms with Crippen molar-refractivity contribution in [2.45, 2.75) is 12.2 Å². The molecular weight excluding hydrogens is 656 g/mol. The van der Waals surface area contributed by atoms with E-state index in [9.17, 15) is 18.6 Å². The van der Waals surface area contributed by atoms with Gasteiger partial charge in [0.15, 0.2) is 0 Å². The molecule has 0 radical (unpaired) electrons. The lowest BCUT2D eigenvalue weighted by molar-refractivity contribution is -0.432. The first kappa shape index (κ1) is 36.4. The largest absolute Gasteiger partial charge is 0.394 e. The lowest BCUT2D eigenvalue weighted by atomic mass is 10.3. The third kappa shape index (κ3) is 13.9. The molecule has 22 nitrogen and oxygen atoms in total. The highest BCUT2D eigenvalue weighted by molar-refractivity contribution is 7.95. The van der Waals surface area contributed by atoms with Crippen LogP contribution >= 0.6 is 12.0 Å². The summed E-state index contributed by atoms with van der Waals surface area (Å²) in [6, 6.07) is 6.72. The molecule has 3 aromatic rings. The monoisotopic (exact) mass is 688 g/mol. The van der Waals surface area contributed by atoms with Crippen LogP contribution in [0.1, 0.15) is 0 Å². The summed E-state index contributed by atoms with van der Waals surface area (Å²) in [7, 11) is -4.24. The molecule has 0 bridgehead atoms. The van der Waals surface area contributed by atoms with Crippen molar-refractivity contribution in [2.75, 3.05) is 70.9 Å². The summed E-state index contributed by atoms with van der Waals surface area (Å²) >= 11 is 0.745. The van der Waals surface area contributed by atoms with Crippen LogP contribution in [0.15, 0.2) is 29.3 Å². The number of hydrogen-bond acceptors (Lipinski definition) is 22. The second kappa shape index (κ2) is 18.8. The predicted octanol–water partition coefficient (Wildman–Crippen LogP) is -0.855. The quantitative estimate of drug-likeness (QED) is 0.0162. The van der Waals surface area contributed by atoms with E-state index in [4.69, 9.17) is 20.0 Å². The van der Waals surface area contributed by atoms with E-state index in [1.54, 1.807) is 24.3 Å². The molecule has 252 valence electrons. The Morgan fingerprint density at radius 3 is 1.93 bits per heavy atom. The summed E-state index contributed by atoms with van der Waals surface area (Å²) < 4.78 is 35.4. The smallest absolute Gasteiger partial charge is 0.266 e. The lowest BCUT2D eigenvalue weighted by Gasteiger charge is -2.13. The van der Waals surface area contributed by atoms with Crippen molar-refractivity contribution in [3.05, 3.63) is 24.3 Å². The van der Waals surface area contributed by atoms with E-state index in [1.807, 2.05) is 0 Å². The molecule has 0 fully saturated rings. The number of hydrogen-bond donors (Lipinski definition) is 11. The Labute approximate surface area is 265 Å². The third-order valence-corrected chi connectivity index (χ3v) is 6.28. The molecule has 0 aliphatic carbocycles. The highest BCUT2D eigenvalue weighted by atomic mass is 32.2. The summed E-state index contributed by atoms with van der Waals surface area (Å²) in [6.07, 6.45) is -0.787. The van der Waals surface area contributed by atoms with E-state index in [0.29, 0.717) is 11.4 Å². The van der Waals surface area contributed by atoms with Gasteiger partial charge in [-0.05, 0) is 18.2 Å². The summed E-state index contributed by atoms with van der Waals surface area (Å²) in [5, 5.41) is 63.4. The van der Waals surface area contributed by atoms with E-state index in [2.05, 4.69) is 70.9 Å². The van der Waals surface area contributed by atoms with E-state index >= 15 is 0 Å². The SMILES string of the molecule is O=S(=O)(O)CCNc1nc(NCC(O)CO)nc(Nc2cccc(Nc3nc(/N=C\CSOOO)nc(NCC(O)CO)n3)c2)n1. The molecule has 24 heteroatoms. The Balaban J connectivity index is 1.81. The van der Waals surface area contributed by atoms with Gasteiger partial charge in [0, 0.05) is 49.3 Å². The zero-order valence-electron chi connectivity index (χ0n) is 23.8. The summed E-state index contributed by atoms with van der Waals surface area (Å²) in [4.78, 5) is 29.3. The van der Waals surface area contributed by atoms with Gasteiger partial charge < -0.3 is 47.0 Å². The number of anilines is 7. The van der Waals surface area contributed by atoms with E-state index in [0.717, 1.165) is 12.0 Å². The minimum atomic E-state index is -4.24. The van der Waals surface area contributed by atoms with Crippen LogP contribution in [0.2, 0.25) is 0 Å². The molecule has 0 spiro atoms. The first-order valence-corrected chi connectivity index (χ1v) is 15.6. The van der Waals surface area contributed by atoms with Crippen molar-refractivity contribution in [2.24, 2.45) is 4.99 Å². The van der Waals surface area contributed by atoms with Gasteiger partial charge in [-0.15, -0.1) is 4.33 Å². The van der Waals surface area contributed by atoms with Gasteiger partial charge >= 0.3 is 0 Å². The topological polar surface area (TPSA) is 324 Å². The van der Waals surface area contributed by atoms with E-state index in [1.165, 1.54) is 6.21 Å². The zero-order valence-corrected chi connectivity index (χ0v) is 25.4. The molecule has 0 aliphatic heterocycles. The molecule has 3 rings (SSSR count). The highest BCUT2D eigenvalue weighted by Gasteiger charge is 2.12. The fraction of sp³-hybridized carbons (Fsp3) is 0.409. The lowest BCUT2D eigenvalue weighted by Crippen LogP contribution is -2.24. The average Bonchev–Trinajstić information content (AvgIpc) is 3.01. The maximum atomic E-state index is 11.1. The van der Waals surface area contributed by atoms with E-state index < -0.39 is 41.3 Å². The van der Waals surface area contributed by atoms with Crippen molar-refractivity contribution < 1.29 is 48.0 Å². The standard InChI is InChI=1S/C22H32N12O10S2/c35-11-15(37)9-25-19-29-17(23-4-6-45-44-43-39)31-21(33-19)27-13-2-1-3-14(8-13)28-22-32-18(24-5-7-46(40,41)42)30-20(34-22)26-10-16(38)12-36/h1-4,8,15-16,35-39H,5-7,9-12H2,(H,40,41,42)(H2,25,27,29,31,33)(H3,24,26,28,30,32,34)/b23-4-. The highest BCUT2D eigenvalue weighted by Crippen LogP contribution is 2.23. The van der Waals surface area contributed by atoms with Crippen molar-refractivity contribution >= 4 is 75.4 Å². The van der Waals surface area contributed by atoms with Gasteiger partial charge in [0.1, 0.15) is 0 Å². The molecular formula is C22H32N12O10S2. The minimum Gasteiger partial charge on any atom is -0.394 e. The van der Waals surface area contributed by atoms with Crippen molar-refractivity contribution in [3.63, 3.8) is 0 Å². The first-order chi connectivity index (χ1) is 22.1. The molecule has 0 aliphatic rings. The normalized spacial score (nSPS) is 12.9. The Bertz CT molecular complexity index is 1520. The maximum absolute atomic E-state index is 11.1. The Morgan fingerprint density at radius 1 is 0.848 bits per heavy atom. The number of aromatic nitrogens is 6. The number of rotatable bonds is 21. The van der Waals surface area contributed by atoms with Crippen LogP contribution in [0.5, 0.6) is 0 Å². The van der Waals surface area contributed by atoms with E-state index in [-0.39, 0.29) is 61.1 Å². The predicted molar refractivity (Wildman–Crippen MR) is 166 cm³/mol. The Kier molecular flexibility index (Phi) is 14.8. The molecule has 0 saturated heterocycles. The molecule has 1 aromatic carbocycles. The van der Waals surface area contributed by atoms with Gasteiger partial charge in [-0.2, -0.15) is 38.3 Å². The van der Waals surface area contributed by atoms with Gasteiger partial charge in [-0.3, -0.25) is 4.55 Å². The van der Waals surface area contributed by atoms with Gasteiger partial charge in [0.2, 0.25) is 29.7 Å². The van der Waals surface area contributed by atoms with Crippen LogP contribution in [-0.2, 0) is 19.5 Å². The number of aliphatic imine (C=N–C) groups is 1. The maximum Gasteiger partial charge on any atom is 0.266 e. The average molecular weight is 689 g/mol. The van der Waals surface area contributed by atoms with Gasteiger partial charge in [-0.1, -0.05) is 11.1 Å². The molecule has 0 saturated carbocycles. The van der Waals surface area contributed by atoms with Crippen molar-refractivity contribution in [3.8, 4) is 0 Å². The van der Waals surface area contributed by atoms with Crippen LogP contribution in [-0.4, -0.2) is 131 Å². The molecule has 0 amide bonds. The summed E-state index contributed by atoms with van der Waals surface area (Å²) in [5.74, 6) is -0.395. The molecule has 2 atom stereocenters. The third-order valence-electron chi connectivity index (χ3n) is 5.12. The number of nitrogens with one attached hydrogen (secondary N) is 5. The fourth-order valence-electron chi connectivity index (χ4n) is 3.12. The minimum absolute atomic E-state index is 0.00731. The second-order valence-corrected chi connectivity index (χ2v) is 11.1. The van der Waals surface area contributed by atoms with Crippen molar-refractivity contribution in [1.29, 1.82) is 0 Å². The summed E-state index contributed by atoms with van der Waals surface area (Å²) in [6.45, 7) is -1.36. The van der Waals surface area contributed by atoms with Crippen LogP contribution < -0.4 is 26.6 Å². The molecule has 2 unspecified atom stereocenters. The van der Waals surface area contributed by atoms with Gasteiger partial charge in [0.05, 0.1) is 36.9 Å². The molecule has 2 aromatic heterocycles. The Morgan fingerprint density at radius 2 is 1.37 bits per heavy atom. The first-order valence-electron chi connectivity index (χ1n) is 13.1. The van der Waals surface area contributed by atoms with Gasteiger partial charge in [0.25, 0.3) is 16.1 Å². The zero-order chi connectivity index (χ0) is 33.4. The Hall–Kier alpha value is -4.11. The van der Waals surface area contributed by atoms with Crippen LogP contribution in [0.25, 0.3) is 0 Å². The molecule has 2 heterocycles. The number of aliphatic hydroxyl groups is 4. The molecule has 46 heavy (non-hydrogen) atoms. The van der Waals surface area contributed by atoms with Gasteiger partial charge in [-0.25, -0.2) is 10.2 Å². The van der Waals surface area contributed by atoms with Crippen LogP contribution in [0, 0.1) is 0 Å². The second-order valence-electron chi connectivity index (χ2n) is 8.81. The van der Waals surface area contributed by atoms with Crippen LogP contribution in [0.3, 0.4) is 0 Å². The number of aliphatic hydroxyl groups excluding tert-OH is 4.